The summed E-state index contributed by atoms with van der Waals surface area (Å²) in [4.78, 5) is 13.0. The van der Waals surface area contributed by atoms with Crippen molar-refractivity contribution in [3.8, 4) is 6.07 Å². The number of rotatable bonds is 4. The summed E-state index contributed by atoms with van der Waals surface area (Å²) in [6, 6.07) is 6.51. The lowest BCUT2D eigenvalue weighted by atomic mass is 10.1. The molecule has 0 saturated carbocycles. The summed E-state index contributed by atoms with van der Waals surface area (Å²) in [5.41, 5.74) is 0.616. The predicted octanol–water partition coefficient (Wildman–Crippen LogP) is 2.38. The molecule has 0 spiro atoms. The minimum absolute atomic E-state index is 0.0861. The van der Waals surface area contributed by atoms with Crippen molar-refractivity contribution in [2.24, 2.45) is 0 Å². The Hall–Kier alpha value is -1.89. The number of ketones is 1. The highest BCUT2D eigenvalue weighted by molar-refractivity contribution is 5.99. The molecule has 4 heteroatoms. The van der Waals surface area contributed by atoms with Crippen molar-refractivity contribution in [1.82, 2.24) is 0 Å². The second kappa shape index (κ2) is 5.26. The van der Waals surface area contributed by atoms with Crippen LogP contribution >= 0.6 is 0 Å². The molecular formula is C12H13FN2O. The van der Waals surface area contributed by atoms with Crippen molar-refractivity contribution in [1.29, 1.82) is 5.26 Å². The Bertz CT molecular complexity index is 437. The molecule has 0 bridgehead atoms. The van der Waals surface area contributed by atoms with Crippen molar-refractivity contribution < 1.29 is 9.18 Å². The second-order valence-electron chi connectivity index (χ2n) is 3.52. The minimum Gasteiger partial charge on any atom is -0.373 e. The van der Waals surface area contributed by atoms with Crippen molar-refractivity contribution in [3.05, 3.63) is 29.6 Å². The molecule has 0 fully saturated rings. The molecule has 0 amide bonds. The Morgan fingerprint density at radius 2 is 2.25 bits per heavy atom. The van der Waals surface area contributed by atoms with Crippen LogP contribution in [0, 0.1) is 17.1 Å². The summed E-state index contributed by atoms with van der Waals surface area (Å²) in [7, 11) is 1.73. The molecule has 1 rings (SSSR count). The lowest BCUT2D eigenvalue weighted by Crippen LogP contribution is -2.21. The number of nitriles is 1. The molecule has 0 aliphatic rings. The van der Waals surface area contributed by atoms with E-state index in [0.717, 1.165) is 0 Å². The zero-order valence-electron chi connectivity index (χ0n) is 9.33. The van der Waals surface area contributed by atoms with Gasteiger partial charge in [0.05, 0.1) is 23.7 Å². The fourth-order valence-corrected chi connectivity index (χ4v) is 1.52. The third kappa shape index (κ3) is 2.57. The van der Waals surface area contributed by atoms with Crippen LogP contribution < -0.4 is 4.90 Å². The highest BCUT2D eigenvalue weighted by Gasteiger charge is 2.15. The van der Waals surface area contributed by atoms with E-state index < -0.39 is 5.82 Å². The van der Waals surface area contributed by atoms with Crippen LogP contribution in [-0.2, 0) is 0 Å². The van der Waals surface area contributed by atoms with E-state index >= 15 is 0 Å². The van der Waals surface area contributed by atoms with E-state index in [1.54, 1.807) is 24.1 Å². The van der Waals surface area contributed by atoms with E-state index in [9.17, 15) is 9.18 Å². The van der Waals surface area contributed by atoms with Crippen LogP contribution in [-0.4, -0.2) is 19.4 Å². The summed E-state index contributed by atoms with van der Waals surface area (Å²) in [6.45, 7) is 1.81. The molecule has 0 aliphatic heterocycles. The monoisotopic (exact) mass is 220 g/mol. The Labute approximate surface area is 94.1 Å². The van der Waals surface area contributed by atoms with Gasteiger partial charge < -0.3 is 4.90 Å². The molecule has 3 nitrogen and oxygen atoms in total. The van der Waals surface area contributed by atoms with Gasteiger partial charge in [-0.2, -0.15) is 5.26 Å². The average Bonchev–Trinajstić information content (AvgIpc) is 2.24. The van der Waals surface area contributed by atoms with E-state index in [2.05, 4.69) is 0 Å². The Morgan fingerprint density at radius 1 is 1.56 bits per heavy atom. The molecule has 0 radical (unpaired) electrons. The number of hydrogen-bond acceptors (Lipinski definition) is 3. The number of carbonyl (C=O) groups excluding carboxylic acids is 1. The quantitative estimate of drug-likeness (QED) is 0.732. The SMILES string of the molecule is CC(=O)c1c(F)cccc1N(C)CCC#N. The maximum absolute atomic E-state index is 13.5. The van der Waals surface area contributed by atoms with Gasteiger partial charge in [-0.15, -0.1) is 0 Å². The van der Waals surface area contributed by atoms with Crippen molar-refractivity contribution in [2.45, 2.75) is 13.3 Å². The van der Waals surface area contributed by atoms with E-state index in [0.29, 0.717) is 18.7 Å². The van der Waals surface area contributed by atoms with Gasteiger partial charge in [0.15, 0.2) is 5.78 Å². The summed E-state index contributed by atoms with van der Waals surface area (Å²) in [6.07, 6.45) is 0.338. The van der Waals surface area contributed by atoms with E-state index in [4.69, 9.17) is 5.26 Å². The van der Waals surface area contributed by atoms with Crippen LogP contribution in [0.5, 0.6) is 0 Å². The molecule has 84 valence electrons. The van der Waals surface area contributed by atoms with E-state index in [-0.39, 0.29) is 11.3 Å². The van der Waals surface area contributed by atoms with Gasteiger partial charge in [-0.05, 0) is 19.1 Å². The van der Waals surface area contributed by atoms with Crippen LogP contribution in [0.1, 0.15) is 23.7 Å². The minimum atomic E-state index is -0.520. The first-order valence-corrected chi connectivity index (χ1v) is 4.95. The van der Waals surface area contributed by atoms with Crippen LogP contribution in [0.3, 0.4) is 0 Å². The number of carbonyl (C=O) groups is 1. The molecule has 0 aliphatic carbocycles. The number of nitrogens with zero attached hydrogens (tertiary/aromatic N) is 2. The topological polar surface area (TPSA) is 44.1 Å². The average molecular weight is 220 g/mol. The van der Waals surface area contributed by atoms with Gasteiger partial charge in [-0.3, -0.25) is 4.79 Å². The van der Waals surface area contributed by atoms with Crippen LogP contribution in [0.25, 0.3) is 0 Å². The lowest BCUT2D eigenvalue weighted by Gasteiger charge is -2.20. The smallest absolute Gasteiger partial charge is 0.164 e. The van der Waals surface area contributed by atoms with E-state index in [1.807, 2.05) is 6.07 Å². The highest BCUT2D eigenvalue weighted by Crippen LogP contribution is 2.22. The normalized spacial score (nSPS) is 9.62. The number of halogens is 1. The molecule has 0 atom stereocenters. The Morgan fingerprint density at radius 3 is 2.81 bits per heavy atom. The van der Waals surface area contributed by atoms with Gasteiger partial charge in [0.1, 0.15) is 5.82 Å². The lowest BCUT2D eigenvalue weighted by molar-refractivity contribution is 0.101. The molecule has 0 heterocycles. The molecule has 0 aromatic heterocycles. The second-order valence-corrected chi connectivity index (χ2v) is 3.52. The third-order valence-electron chi connectivity index (χ3n) is 2.31. The van der Waals surface area contributed by atoms with Crippen LogP contribution in [0.2, 0.25) is 0 Å². The van der Waals surface area contributed by atoms with Crippen molar-refractivity contribution in [2.75, 3.05) is 18.5 Å². The largest absolute Gasteiger partial charge is 0.373 e. The van der Waals surface area contributed by atoms with Crippen molar-refractivity contribution in [3.63, 3.8) is 0 Å². The zero-order chi connectivity index (χ0) is 12.1. The molecular weight excluding hydrogens is 207 g/mol. The maximum atomic E-state index is 13.5. The van der Waals surface area contributed by atoms with Gasteiger partial charge in [-0.25, -0.2) is 4.39 Å². The third-order valence-corrected chi connectivity index (χ3v) is 2.31. The number of hydrogen-bond donors (Lipinski definition) is 0. The van der Waals surface area contributed by atoms with E-state index in [1.165, 1.54) is 13.0 Å². The summed E-state index contributed by atoms with van der Waals surface area (Å²) in [5.74, 6) is -0.828. The zero-order valence-corrected chi connectivity index (χ0v) is 9.33. The summed E-state index contributed by atoms with van der Waals surface area (Å²) in [5, 5.41) is 8.48. The van der Waals surface area contributed by atoms with Gasteiger partial charge >= 0.3 is 0 Å². The van der Waals surface area contributed by atoms with Crippen LogP contribution in [0.4, 0.5) is 10.1 Å². The summed E-state index contributed by atoms with van der Waals surface area (Å²) < 4.78 is 13.5. The van der Waals surface area contributed by atoms with Gasteiger partial charge in [0, 0.05) is 13.6 Å². The fourth-order valence-electron chi connectivity index (χ4n) is 1.52. The Kier molecular flexibility index (Phi) is 4.01. The predicted molar refractivity (Wildman–Crippen MR) is 59.9 cm³/mol. The molecule has 16 heavy (non-hydrogen) atoms. The first-order chi connectivity index (χ1) is 7.57. The maximum Gasteiger partial charge on any atom is 0.164 e. The molecule has 0 saturated heterocycles. The Balaban J connectivity index is 3.08. The number of benzene rings is 1. The van der Waals surface area contributed by atoms with Gasteiger partial charge in [0.25, 0.3) is 0 Å². The highest BCUT2D eigenvalue weighted by atomic mass is 19.1. The number of Topliss-reactive ketones (excluding diaryl/α,β-unsaturated/α-hetero) is 1. The molecule has 0 unspecified atom stereocenters. The molecule has 1 aromatic rings. The molecule has 1 aromatic carbocycles. The standard InChI is InChI=1S/C12H13FN2O/c1-9(16)12-10(13)5-3-6-11(12)15(2)8-4-7-14/h3,5-6H,4,8H2,1-2H3. The van der Waals surface area contributed by atoms with Gasteiger partial charge in [-0.1, -0.05) is 6.07 Å². The van der Waals surface area contributed by atoms with Crippen molar-refractivity contribution >= 4 is 11.5 Å². The fraction of sp³-hybridized carbons (Fsp3) is 0.333. The molecule has 0 N–H and O–H groups in total. The van der Waals surface area contributed by atoms with Crippen LogP contribution in [0.15, 0.2) is 18.2 Å². The number of anilines is 1. The first-order valence-electron chi connectivity index (χ1n) is 4.95. The first kappa shape index (κ1) is 12.2. The van der Waals surface area contributed by atoms with Gasteiger partial charge in [0.2, 0.25) is 0 Å². The summed E-state index contributed by atoms with van der Waals surface area (Å²) >= 11 is 0.